The molecule has 4 fully saturated rings. The number of aryl methyl sites for hydroxylation is 4. The van der Waals surface area contributed by atoms with Gasteiger partial charge in [0.25, 0.3) is 0 Å². The fourth-order valence-corrected chi connectivity index (χ4v) is 7.43. The first-order valence-corrected chi connectivity index (χ1v) is 10.9. The average Bonchev–Trinajstić information content (AvgIpc) is 2.63. The Morgan fingerprint density at radius 1 is 0.607 bits per heavy atom. The zero-order valence-corrected chi connectivity index (χ0v) is 17.5. The Morgan fingerprint density at radius 3 is 1.25 bits per heavy atom. The summed E-state index contributed by atoms with van der Waals surface area (Å²) in [4.78, 5) is 0. The van der Waals surface area contributed by atoms with E-state index >= 15 is 0 Å². The number of phenolic OH excluding ortho intramolecular Hbond substituents is 2. The molecule has 2 heteroatoms. The fraction of sp³-hybridized carbons (Fsp3) is 0.538. The molecule has 2 aromatic rings. The smallest absolute Gasteiger partial charge is 0.121 e. The number of phenols is 2. The molecular weight excluding hydrogens is 344 g/mol. The lowest BCUT2D eigenvalue weighted by atomic mass is 9.42. The first kappa shape index (κ1) is 18.1. The molecule has 0 saturated heterocycles. The van der Waals surface area contributed by atoms with Crippen LogP contribution in [0.4, 0.5) is 0 Å². The Hall–Kier alpha value is -1.96. The lowest BCUT2D eigenvalue weighted by Crippen LogP contribution is -2.56. The van der Waals surface area contributed by atoms with E-state index in [0.717, 1.165) is 34.1 Å². The highest BCUT2D eigenvalue weighted by molar-refractivity contribution is 5.54. The van der Waals surface area contributed by atoms with Gasteiger partial charge in [-0.05, 0) is 117 Å². The van der Waals surface area contributed by atoms with Crippen LogP contribution in [0.15, 0.2) is 24.3 Å². The van der Waals surface area contributed by atoms with Gasteiger partial charge in [0.15, 0.2) is 0 Å². The molecule has 0 atom stereocenters. The fourth-order valence-electron chi connectivity index (χ4n) is 7.43. The topological polar surface area (TPSA) is 40.5 Å². The van der Waals surface area contributed by atoms with Crippen molar-refractivity contribution in [3.8, 4) is 11.5 Å². The van der Waals surface area contributed by atoms with Crippen molar-refractivity contribution < 1.29 is 10.2 Å². The summed E-state index contributed by atoms with van der Waals surface area (Å²) >= 11 is 0. The molecule has 4 aliphatic carbocycles. The molecule has 0 unspecified atom stereocenters. The maximum Gasteiger partial charge on any atom is 0.121 e. The van der Waals surface area contributed by atoms with Gasteiger partial charge in [-0.25, -0.2) is 0 Å². The summed E-state index contributed by atoms with van der Waals surface area (Å²) in [6, 6.07) is 9.01. The van der Waals surface area contributed by atoms with Gasteiger partial charge >= 0.3 is 0 Å². The molecule has 28 heavy (non-hydrogen) atoms. The van der Waals surface area contributed by atoms with Crippen LogP contribution in [-0.4, -0.2) is 10.2 Å². The molecule has 0 aliphatic heterocycles. The summed E-state index contributed by atoms with van der Waals surface area (Å²) in [6.45, 7) is 8.12. The number of benzene rings is 2. The first-order valence-electron chi connectivity index (χ1n) is 10.9. The summed E-state index contributed by atoms with van der Waals surface area (Å²) < 4.78 is 0. The third-order valence-electron chi connectivity index (χ3n) is 8.36. The molecule has 0 spiro atoms. The molecule has 0 radical (unpaired) electrons. The van der Waals surface area contributed by atoms with Gasteiger partial charge in [-0.15, -0.1) is 0 Å². The van der Waals surface area contributed by atoms with E-state index in [1.165, 1.54) is 43.2 Å². The number of rotatable bonds is 2. The van der Waals surface area contributed by atoms with E-state index in [4.69, 9.17) is 0 Å². The van der Waals surface area contributed by atoms with Gasteiger partial charge in [0.1, 0.15) is 11.5 Å². The minimum atomic E-state index is 0.0137. The summed E-state index contributed by atoms with van der Waals surface area (Å²) in [6.07, 6.45) is 6.73. The van der Waals surface area contributed by atoms with Crippen LogP contribution in [0.25, 0.3) is 0 Å². The molecule has 148 valence electrons. The second-order valence-electron chi connectivity index (χ2n) is 10.1. The second-order valence-corrected chi connectivity index (χ2v) is 10.1. The summed E-state index contributed by atoms with van der Waals surface area (Å²) in [5.74, 6) is 3.98. The quantitative estimate of drug-likeness (QED) is 0.667. The number of hydrogen-bond donors (Lipinski definition) is 2. The van der Waals surface area contributed by atoms with E-state index in [0.29, 0.717) is 23.3 Å². The van der Waals surface area contributed by atoms with Crippen molar-refractivity contribution >= 4 is 0 Å². The van der Waals surface area contributed by atoms with Crippen LogP contribution in [0, 0.1) is 51.4 Å². The van der Waals surface area contributed by atoms with E-state index < -0.39 is 0 Å². The standard InChI is InChI=1S/C26H32O2/c1-14-5-20(6-15(2)24(14)27)26(21-7-16(3)25(28)17(4)8-21)22-10-18-9-19(12-22)13-23(26)11-18/h5-8,18-19,22-23,27-28H,9-13H2,1-4H3. The van der Waals surface area contributed by atoms with Crippen LogP contribution in [0.3, 0.4) is 0 Å². The Balaban J connectivity index is 1.79. The molecule has 0 heterocycles. The van der Waals surface area contributed by atoms with Crippen molar-refractivity contribution in [2.75, 3.05) is 0 Å². The van der Waals surface area contributed by atoms with Crippen LogP contribution >= 0.6 is 0 Å². The molecule has 0 amide bonds. The predicted molar refractivity (Wildman–Crippen MR) is 113 cm³/mol. The molecule has 4 saturated carbocycles. The maximum absolute atomic E-state index is 10.4. The average molecular weight is 377 g/mol. The maximum atomic E-state index is 10.4. The van der Waals surface area contributed by atoms with Crippen molar-refractivity contribution in [2.24, 2.45) is 23.7 Å². The third-order valence-corrected chi connectivity index (χ3v) is 8.36. The van der Waals surface area contributed by atoms with Crippen molar-refractivity contribution in [3.63, 3.8) is 0 Å². The van der Waals surface area contributed by atoms with Crippen LogP contribution in [0.2, 0.25) is 0 Å². The minimum Gasteiger partial charge on any atom is -0.507 e. The van der Waals surface area contributed by atoms with Crippen LogP contribution in [-0.2, 0) is 5.41 Å². The highest BCUT2D eigenvalue weighted by atomic mass is 16.3. The normalized spacial score (nSPS) is 30.0. The monoisotopic (exact) mass is 376 g/mol. The van der Waals surface area contributed by atoms with Crippen molar-refractivity contribution in [1.82, 2.24) is 0 Å². The van der Waals surface area contributed by atoms with Crippen molar-refractivity contribution in [3.05, 3.63) is 57.6 Å². The third kappa shape index (κ3) is 2.33. The van der Waals surface area contributed by atoms with Crippen molar-refractivity contribution in [1.29, 1.82) is 0 Å². The Kier molecular flexibility index (Phi) is 3.89. The van der Waals surface area contributed by atoms with Gasteiger partial charge in [-0.3, -0.25) is 0 Å². The lowest BCUT2D eigenvalue weighted by Gasteiger charge is -2.62. The van der Waals surface area contributed by atoms with E-state index in [1.807, 2.05) is 27.7 Å². The minimum absolute atomic E-state index is 0.0137. The first-order chi connectivity index (χ1) is 13.3. The number of aromatic hydroxyl groups is 2. The second kappa shape index (κ2) is 6.02. The number of hydrogen-bond acceptors (Lipinski definition) is 2. The molecule has 0 aromatic heterocycles. The molecule has 6 rings (SSSR count). The molecule has 4 bridgehead atoms. The molecular formula is C26H32O2. The van der Waals surface area contributed by atoms with Gasteiger partial charge in [0.05, 0.1) is 0 Å². The van der Waals surface area contributed by atoms with Gasteiger partial charge in [-0.1, -0.05) is 24.3 Å². The van der Waals surface area contributed by atoms with E-state index in [2.05, 4.69) is 24.3 Å². The van der Waals surface area contributed by atoms with Crippen LogP contribution < -0.4 is 0 Å². The largest absolute Gasteiger partial charge is 0.507 e. The lowest BCUT2D eigenvalue weighted by molar-refractivity contribution is -0.0419. The molecule has 2 aromatic carbocycles. The van der Waals surface area contributed by atoms with Gasteiger partial charge in [-0.2, -0.15) is 0 Å². The van der Waals surface area contributed by atoms with E-state index in [9.17, 15) is 10.2 Å². The molecule has 2 N–H and O–H groups in total. The highest BCUT2D eigenvalue weighted by Gasteiger charge is 2.58. The Labute approximate surface area is 168 Å². The van der Waals surface area contributed by atoms with Gasteiger partial charge < -0.3 is 10.2 Å². The Bertz CT molecular complexity index is 821. The molecule has 2 nitrogen and oxygen atoms in total. The summed E-state index contributed by atoms with van der Waals surface area (Å²) in [7, 11) is 0. The zero-order valence-electron chi connectivity index (χ0n) is 17.5. The SMILES string of the molecule is Cc1cc(C2(c3cc(C)c(O)c(C)c3)C3CC4CC(C3)CC2C4)cc(C)c1O. The van der Waals surface area contributed by atoms with Crippen LogP contribution in [0.1, 0.15) is 65.5 Å². The van der Waals surface area contributed by atoms with Crippen LogP contribution in [0.5, 0.6) is 11.5 Å². The van der Waals surface area contributed by atoms with Gasteiger partial charge in [0.2, 0.25) is 0 Å². The van der Waals surface area contributed by atoms with E-state index in [1.54, 1.807) is 0 Å². The highest BCUT2D eigenvalue weighted by Crippen LogP contribution is 2.65. The van der Waals surface area contributed by atoms with Crippen molar-refractivity contribution in [2.45, 2.75) is 65.2 Å². The Morgan fingerprint density at radius 2 is 0.929 bits per heavy atom. The van der Waals surface area contributed by atoms with E-state index in [-0.39, 0.29) is 5.41 Å². The predicted octanol–water partition coefficient (Wildman–Crippen LogP) is 6.07. The summed E-state index contributed by atoms with van der Waals surface area (Å²) in [5, 5.41) is 20.9. The summed E-state index contributed by atoms with van der Waals surface area (Å²) in [5.41, 5.74) is 6.72. The van der Waals surface area contributed by atoms with Gasteiger partial charge in [0, 0.05) is 5.41 Å². The molecule has 4 aliphatic rings. The zero-order chi connectivity index (χ0) is 19.8.